The molecule has 0 saturated carbocycles. The Morgan fingerprint density at radius 3 is 2.48 bits per heavy atom. The van der Waals surface area contributed by atoms with Crippen LogP contribution in [-0.4, -0.2) is 14.0 Å². The van der Waals surface area contributed by atoms with Gasteiger partial charge >= 0.3 is 11.8 Å². The van der Waals surface area contributed by atoms with Crippen molar-refractivity contribution in [1.82, 2.24) is 14.0 Å². The van der Waals surface area contributed by atoms with E-state index >= 15 is 0 Å². The van der Waals surface area contributed by atoms with Gasteiger partial charge in [-0.1, -0.05) is 24.3 Å². The number of imidazole rings is 1. The number of para-hydroxylation sites is 2. The summed E-state index contributed by atoms with van der Waals surface area (Å²) in [6.45, 7) is 1.87. The lowest BCUT2D eigenvalue weighted by Crippen LogP contribution is -2.20. The summed E-state index contributed by atoms with van der Waals surface area (Å²) in [6.07, 6.45) is -4.77. The van der Waals surface area contributed by atoms with Gasteiger partial charge in [0.05, 0.1) is 17.6 Å². The molecule has 9 heteroatoms. The summed E-state index contributed by atoms with van der Waals surface area (Å²) in [7, 11) is 0. The van der Waals surface area contributed by atoms with E-state index in [-0.39, 0.29) is 12.3 Å². The monoisotopic (exact) mass is 425 g/mol. The summed E-state index contributed by atoms with van der Waals surface area (Å²) >= 11 is 0. The number of hydrogen-bond donors (Lipinski definition) is 0. The summed E-state index contributed by atoms with van der Waals surface area (Å²) in [5.41, 5.74) is 0.0434. The Hall–Kier alpha value is -3.88. The zero-order valence-corrected chi connectivity index (χ0v) is 16.1. The zero-order chi connectivity index (χ0) is 21.9. The normalized spacial score (nSPS) is 12.3. The molecule has 0 saturated heterocycles. The standard InChI is InChI=1S/C22H14F3N3O3/c1-12-5-4-8-16-20(12)13(9-19(30)31-16)11-27-14-6-2-3-7-15(14)28-18(29)10-17(22(23,24)25)26-21(27)28/h2-10H,11H2,1H3. The number of rotatable bonds is 2. The minimum Gasteiger partial charge on any atom is -0.423 e. The molecule has 0 aliphatic heterocycles. The molecular weight excluding hydrogens is 411 g/mol. The van der Waals surface area contributed by atoms with E-state index in [4.69, 9.17) is 4.42 Å². The summed E-state index contributed by atoms with van der Waals surface area (Å²) in [4.78, 5) is 28.5. The predicted octanol–water partition coefficient (Wildman–Crippen LogP) is 4.13. The van der Waals surface area contributed by atoms with Crippen molar-refractivity contribution >= 4 is 27.8 Å². The number of halogens is 3. The minimum absolute atomic E-state index is 0.0255. The fraction of sp³-hybridized carbons (Fsp3) is 0.136. The van der Waals surface area contributed by atoms with Gasteiger partial charge in [-0.05, 0) is 36.2 Å². The van der Waals surface area contributed by atoms with Gasteiger partial charge in [0.2, 0.25) is 5.78 Å². The first kappa shape index (κ1) is 19.1. The zero-order valence-electron chi connectivity index (χ0n) is 16.1. The Balaban J connectivity index is 1.87. The average Bonchev–Trinajstić information content (AvgIpc) is 3.01. The third kappa shape index (κ3) is 3.00. The van der Waals surface area contributed by atoms with Gasteiger partial charge in [0.15, 0.2) is 5.69 Å². The molecule has 0 fully saturated rings. The molecule has 6 nitrogen and oxygen atoms in total. The number of benzene rings is 2. The van der Waals surface area contributed by atoms with Crippen LogP contribution in [0.2, 0.25) is 0 Å². The molecule has 0 atom stereocenters. The maximum Gasteiger partial charge on any atom is 0.433 e. The van der Waals surface area contributed by atoms with Crippen LogP contribution >= 0.6 is 0 Å². The maximum absolute atomic E-state index is 13.4. The largest absolute Gasteiger partial charge is 0.433 e. The Kier molecular flexibility index (Phi) is 4.04. The van der Waals surface area contributed by atoms with Crippen LogP contribution in [0.1, 0.15) is 16.8 Å². The fourth-order valence-corrected chi connectivity index (χ4v) is 3.95. The summed E-state index contributed by atoms with van der Waals surface area (Å²) < 4.78 is 48.0. The second kappa shape index (κ2) is 6.56. The van der Waals surface area contributed by atoms with Crippen LogP contribution < -0.4 is 11.2 Å². The van der Waals surface area contributed by atoms with Crippen molar-refractivity contribution in [2.45, 2.75) is 19.6 Å². The van der Waals surface area contributed by atoms with E-state index in [1.54, 1.807) is 36.4 Å². The maximum atomic E-state index is 13.4. The number of fused-ring (bicyclic) bond motifs is 4. The van der Waals surface area contributed by atoms with Gasteiger partial charge in [0, 0.05) is 17.5 Å². The highest BCUT2D eigenvalue weighted by Gasteiger charge is 2.34. The topological polar surface area (TPSA) is 69.5 Å². The molecule has 5 rings (SSSR count). The number of alkyl halides is 3. The van der Waals surface area contributed by atoms with Crippen molar-refractivity contribution in [2.75, 3.05) is 0 Å². The first-order valence-corrected chi connectivity index (χ1v) is 9.34. The lowest BCUT2D eigenvalue weighted by molar-refractivity contribution is -0.141. The first-order valence-electron chi connectivity index (χ1n) is 9.34. The summed E-state index contributed by atoms with van der Waals surface area (Å²) in [5, 5.41) is 0.687. The predicted molar refractivity (Wildman–Crippen MR) is 108 cm³/mol. The Bertz CT molecular complexity index is 1610. The Morgan fingerprint density at radius 1 is 1.00 bits per heavy atom. The number of hydrogen-bond acceptors (Lipinski definition) is 4. The van der Waals surface area contributed by atoms with E-state index in [0.717, 1.165) is 9.96 Å². The van der Waals surface area contributed by atoms with Crippen molar-refractivity contribution in [3.8, 4) is 0 Å². The highest BCUT2D eigenvalue weighted by atomic mass is 19.4. The molecule has 31 heavy (non-hydrogen) atoms. The smallest absolute Gasteiger partial charge is 0.423 e. The van der Waals surface area contributed by atoms with Crippen LogP contribution in [0.25, 0.3) is 27.8 Å². The first-order chi connectivity index (χ1) is 14.7. The van der Waals surface area contributed by atoms with E-state index in [1.165, 1.54) is 10.6 Å². The van der Waals surface area contributed by atoms with E-state index in [0.29, 0.717) is 33.6 Å². The lowest BCUT2D eigenvalue weighted by Gasteiger charge is -2.11. The summed E-state index contributed by atoms with van der Waals surface area (Å²) in [5.74, 6) is -0.156. The molecule has 0 N–H and O–H groups in total. The molecule has 0 radical (unpaired) electrons. The third-order valence-electron chi connectivity index (χ3n) is 5.23. The molecule has 0 spiro atoms. The van der Waals surface area contributed by atoms with E-state index < -0.39 is 23.1 Å². The minimum atomic E-state index is -4.77. The SMILES string of the molecule is Cc1cccc2oc(=O)cc(Cn3c4ccccc4n4c(=O)cc(C(F)(F)F)nc34)c12. The van der Waals surface area contributed by atoms with Crippen LogP contribution in [-0.2, 0) is 12.7 Å². The second-order valence-electron chi connectivity index (χ2n) is 7.23. The van der Waals surface area contributed by atoms with Crippen LogP contribution in [0, 0.1) is 6.92 Å². The van der Waals surface area contributed by atoms with Gasteiger partial charge in [0.1, 0.15) is 5.58 Å². The van der Waals surface area contributed by atoms with Gasteiger partial charge in [-0.25, -0.2) is 14.2 Å². The van der Waals surface area contributed by atoms with Gasteiger partial charge in [-0.15, -0.1) is 0 Å². The number of nitrogens with zero attached hydrogens (tertiary/aromatic N) is 3. The third-order valence-corrected chi connectivity index (χ3v) is 5.23. The second-order valence-corrected chi connectivity index (χ2v) is 7.23. The van der Waals surface area contributed by atoms with E-state index in [1.807, 2.05) is 13.0 Å². The van der Waals surface area contributed by atoms with Crippen molar-refractivity contribution in [1.29, 1.82) is 0 Å². The van der Waals surface area contributed by atoms with Crippen LogP contribution in [0.3, 0.4) is 0 Å². The molecule has 0 bridgehead atoms. The molecule has 3 aromatic heterocycles. The van der Waals surface area contributed by atoms with Crippen molar-refractivity contribution < 1.29 is 17.6 Å². The van der Waals surface area contributed by atoms with Gasteiger partial charge in [0.25, 0.3) is 5.56 Å². The van der Waals surface area contributed by atoms with E-state index in [9.17, 15) is 22.8 Å². The average molecular weight is 425 g/mol. The molecule has 156 valence electrons. The molecule has 0 amide bonds. The molecule has 0 aliphatic carbocycles. The Morgan fingerprint density at radius 2 is 1.74 bits per heavy atom. The van der Waals surface area contributed by atoms with Gasteiger partial charge in [-0.3, -0.25) is 4.79 Å². The molecule has 0 unspecified atom stereocenters. The molecule has 3 heterocycles. The molecule has 5 aromatic rings. The summed E-state index contributed by atoms with van der Waals surface area (Å²) in [6, 6.07) is 13.8. The van der Waals surface area contributed by atoms with Crippen molar-refractivity contribution in [3.63, 3.8) is 0 Å². The highest BCUT2D eigenvalue weighted by molar-refractivity contribution is 5.85. The molecule has 2 aromatic carbocycles. The number of aromatic nitrogens is 3. The van der Waals surface area contributed by atoms with Crippen molar-refractivity contribution in [3.05, 3.63) is 92.2 Å². The fourth-order valence-electron chi connectivity index (χ4n) is 3.95. The number of aryl methyl sites for hydroxylation is 1. The lowest BCUT2D eigenvalue weighted by atomic mass is 10.0. The van der Waals surface area contributed by atoms with E-state index in [2.05, 4.69) is 4.98 Å². The Labute approximate surface area is 171 Å². The van der Waals surface area contributed by atoms with Crippen LogP contribution in [0.15, 0.2) is 68.6 Å². The molecular formula is C22H14F3N3O3. The highest BCUT2D eigenvalue weighted by Crippen LogP contribution is 2.29. The molecule has 0 aliphatic rings. The quantitative estimate of drug-likeness (QED) is 0.399. The van der Waals surface area contributed by atoms with Crippen LogP contribution in [0.5, 0.6) is 0 Å². The van der Waals surface area contributed by atoms with Gasteiger partial charge < -0.3 is 8.98 Å². The van der Waals surface area contributed by atoms with Crippen LogP contribution in [0.4, 0.5) is 13.2 Å². The van der Waals surface area contributed by atoms with Gasteiger partial charge in [-0.2, -0.15) is 13.2 Å². The van der Waals surface area contributed by atoms with Crippen molar-refractivity contribution in [2.24, 2.45) is 0 Å².